The van der Waals surface area contributed by atoms with Crippen LogP contribution < -0.4 is 5.73 Å². The van der Waals surface area contributed by atoms with Gasteiger partial charge in [0.2, 0.25) is 5.89 Å². The van der Waals surface area contributed by atoms with Crippen molar-refractivity contribution in [3.8, 4) is 10.8 Å². The highest BCUT2D eigenvalue weighted by molar-refractivity contribution is 7.13. The van der Waals surface area contributed by atoms with Gasteiger partial charge >= 0.3 is 0 Å². The van der Waals surface area contributed by atoms with Crippen molar-refractivity contribution in [3.63, 3.8) is 0 Å². The van der Waals surface area contributed by atoms with Crippen molar-refractivity contribution in [2.24, 2.45) is 10.9 Å². The monoisotopic (exact) mass is 333 g/mol. The fourth-order valence-electron chi connectivity index (χ4n) is 1.76. The summed E-state index contributed by atoms with van der Waals surface area (Å²) in [6.07, 6.45) is 1.54. The van der Waals surface area contributed by atoms with Gasteiger partial charge in [-0.2, -0.15) is 0 Å². The number of rotatable bonds is 5. The van der Waals surface area contributed by atoms with Crippen LogP contribution in [0.25, 0.3) is 10.8 Å². The van der Waals surface area contributed by atoms with Gasteiger partial charge in [0, 0.05) is 10.6 Å². The van der Waals surface area contributed by atoms with E-state index in [0.717, 1.165) is 4.88 Å². The van der Waals surface area contributed by atoms with Gasteiger partial charge in [0.25, 0.3) is 0 Å². The first-order chi connectivity index (χ1) is 10.7. The minimum Gasteiger partial charge on any atom is -0.443 e. The molecule has 0 spiro atoms. The largest absolute Gasteiger partial charge is 0.443 e. The topological polar surface area (TPSA) is 73.6 Å². The minimum absolute atomic E-state index is 0.177. The molecule has 22 heavy (non-hydrogen) atoms. The second-order valence-electron chi connectivity index (χ2n) is 4.38. The number of nitrogens with zero attached hydrogens (tertiary/aromatic N) is 2. The molecule has 0 radical (unpaired) electrons. The molecule has 2 N–H and O–H groups in total. The van der Waals surface area contributed by atoms with E-state index < -0.39 is 0 Å². The number of oxime groups is 1. The van der Waals surface area contributed by atoms with E-state index in [2.05, 4.69) is 10.1 Å². The van der Waals surface area contributed by atoms with Gasteiger partial charge in [-0.3, -0.25) is 0 Å². The van der Waals surface area contributed by atoms with E-state index >= 15 is 0 Å². The van der Waals surface area contributed by atoms with Gasteiger partial charge in [0.05, 0.1) is 4.88 Å². The fourth-order valence-corrected chi connectivity index (χ4v) is 2.60. The molecule has 0 atom stereocenters. The molecule has 0 amide bonds. The lowest BCUT2D eigenvalue weighted by Crippen LogP contribution is -2.13. The number of halogens is 1. The molecule has 2 aromatic heterocycles. The van der Waals surface area contributed by atoms with Crippen molar-refractivity contribution in [2.75, 3.05) is 0 Å². The number of nitrogens with two attached hydrogens (primary N) is 1. The highest BCUT2D eigenvalue weighted by Gasteiger charge is 2.08. The Morgan fingerprint density at radius 2 is 2.27 bits per heavy atom. The molecule has 0 aliphatic heterocycles. The standard InChI is InChI=1S/C15H12ClN3O2S/c16-11-4-1-3-10(7-11)14(17)19-21-9-12-8-20-15(18-12)13-5-2-6-22-13/h1-8H,9H2,(H2,17,19). The number of benzene rings is 1. The molecule has 0 saturated heterocycles. The maximum absolute atomic E-state index is 5.90. The van der Waals surface area contributed by atoms with Crippen LogP contribution >= 0.6 is 22.9 Å². The van der Waals surface area contributed by atoms with Crippen LogP contribution in [0.15, 0.2) is 57.6 Å². The molecule has 0 unspecified atom stereocenters. The third-order valence-electron chi connectivity index (χ3n) is 2.78. The van der Waals surface area contributed by atoms with Crippen LogP contribution in [-0.2, 0) is 11.4 Å². The summed E-state index contributed by atoms with van der Waals surface area (Å²) in [5.74, 6) is 0.824. The molecule has 2 heterocycles. The first kappa shape index (κ1) is 14.6. The van der Waals surface area contributed by atoms with Crippen LogP contribution in [0.4, 0.5) is 0 Å². The zero-order valence-corrected chi connectivity index (χ0v) is 13.0. The molecule has 3 aromatic rings. The first-order valence-corrected chi connectivity index (χ1v) is 7.68. The second kappa shape index (κ2) is 6.64. The molecule has 3 rings (SSSR count). The Morgan fingerprint density at radius 1 is 1.36 bits per heavy atom. The molecular weight excluding hydrogens is 322 g/mol. The average Bonchev–Trinajstić information content (AvgIpc) is 3.18. The lowest BCUT2D eigenvalue weighted by molar-refractivity contribution is 0.127. The van der Waals surface area contributed by atoms with Crippen molar-refractivity contribution in [2.45, 2.75) is 6.61 Å². The van der Waals surface area contributed by atoms with Crippen molar-refractivity contribution in [1.82, 2.24) is 4.98 Å². The van der Waals surface area contributed by atoms with Gasteiger partial charge in [0.15, 0.2) is 12.4 Å². The van der Waals surface area contributed by atoms with Gasteiger partial charge in [-0.05, 0) is 23.6 Å². The van der Waals surface area contributed by atoms with Crippen molar-refractivity contribution in [1.29, 1.82) is 0 Å². The van der Waals surface area contributed by atoms with E-state index in [1.807, 2.05) is 17.5 Å². The number of amidine groups is 1. The molecule has 0 fully saturated rings. The summed E-state index contributed by atoms with van der Waals surface area (Å²) in [5.41, 5.74) is 7.18. The fraction of sp³-hybridized carbons (Fsp3) is 0.0667. The van der Waals surface area contributed by atoms with E-state index in [9.17, 15) is 0 Å². The third kappa shape index (κ3) is 3.47. The molecule has 0 aliphatic rings. The second-order valence-corrected chi connectivity index (χ2v) is 5.77. The Balaban J connectivity index is 1.62. The molecule has 7 heteroatoms. The molecular formula is C15H12ClN3O2S. The first-order valence-electron chi connectivity index (χ1n) is 6.42. The molecule has 5 nitrogen and oxygen atoms in total. The molecule has 0 bridgehead atoms. The summed E-state index contributed by atoms with van der Waals surface area (Å²) >= 11 is 7.46. The van der Waals surface area contributed by atoms with E-state index in [0.29, 0.717) is 22.2 Å². The third-order valence-corrected chi connectivity index (χ3v) is 3.87. The highest BCUT2D eigenvalue weighted by atomic mass is 35.5. The number of aromatic nitrogens is 1. The van der Waals surface area contributed by atoms with E-state index in [1.165, 1.54) is 0 Å². The highest BCUT2D eigenvalue weighted by Crippen LogP contribution is 2.23. The molecule has 0 aliphatic carbocycles. The number of oxazole rings is 1. The van der Waals surface area contributed by atoms with Crippen molar-refractivity contribution >= 4 is 28.8 Å². The van der Waals surface area contributed by atoms with Crippen LogP contribution in [0.5, 0.6) is 0 Å². The Morgan fingerprint density at radius 3 is 3.05 bits per heavy atom. The van der Waals surface area contributed by atoms with Gasteiger partial charge in [0.1, 0.15) is 12.0 Å². The SMILES string of the molecule is N/C(=N/OCc1coc(-c2cccs2)n1)c1cccc(Cl)c1. The van der Waals surface area contributed by atoms with Crippen LogP contribution in [0.2, 0.25) is 5.02 Å². The summed E-state index contributed by atoms with van der Waals surface area (Å²) in [6, 6.07) is 11.0. The maximum atomic E-state index is 5.90. The van der Waals surface area contributed by atoms with Gasteiger partial charge in [-0.25, -0.2) is 4.98 Å². The Hall–Kier alpha value is -2.31. The predicted molar refractivity (Wildman–Crippen MR) is 86.8 cm³/mol. The molecule has 1 aromatic carbocycles. The van der Waals surface area contributed by atoms with Gasteiger partial charge < -0.3 is 15.0 Å². The predicted octanol–water partition coefficient (Wildman–Crippen LogP) is 3.89. The number of hydrogen-bond donors (Lipinski definition) is 1. The summed E-state index contributed by atoms with van der Waals surface area (Å²) in [5, 5.41) is 6.41. The number of thiophene rings is 1. The Bertz CT molecular complexity index is 784. The Labute approximate surface area is 136 Å². The lowest BCUT2D eigenvalue weighted by Gasteiger charge is -2.01. The van der Waals surface area contributed by atoms with Crippen molar-refractivity contribution in [3.05, 3.63) is 64.3 Å². The summed E-state index contributed by atoms with van der Waals surface area (Å²) in [6.45, 7) is 0.177. The van der Waals surface area contributed by atoms with E-state index in [4.69, 9.17) is 26.6 Å². The quantitative estimate of drug-likeness (QED) is 0.436. The van der Waals surface area contributed by atoms with Crippen LogP contribution in [-0.4, -0.2) is 10.8 Å². The van der Waals surface area contributed by atoms with Gasteiger partial charge in [-0.1, -0.05) is 35.0 Å². The van der Waals surface area contributed by atoms with E-state index in [1.54, 1.807) is 41.9 Å². The summed E-state index contributed by atoms with van der Waals surface area (Å²) < 4.78 is 5.39. The lowest BCUT2D eigenvalue weighted by atomic mass is 10.2. The maximum Gasteiger partial charge on any atom is 0.236 e. The minimum atomic E-state index is 0.177. The Kier molecular flexibility index (Phi) is 4.41. The smallest absolute Gasteiger partial charge is 0.236 e. The van der Waals surface area contributed by atoms with Crippen LogP contribution in [0.3, 0.4) is 0 Å². The average molecular weight is 334 g/mol. The van der Waals surface area contributed by atoms with E-state index in [-0.39, 0.29) is 12.4 Å². The van der Waals surface area contributed by atoms with Crippen LogP contribution in [0.1, 0.15) is 11.3 Å². The number of hydrogen-bond acceptors (Lipinski definition) is 5. The van der Waals surface area contributed by atoms with Gasteiger partial charge in [-0.15, -0.1) is 11.3 Å². The zero-order chi connectivity index (χ0) is 15.4. The summed E-state index contributed by atoms with van der Waals surface area (Å²) in [7, 11) is 0. The van der Waals surface area contributed by atoms with Crippen molar-refractivity contribution < 1.29 is 9.25 Å². The molecule has 112 valence electrons. The van der Waals surface area contributed by atoms with Crippen LogP contribution in [0, 0.1) is 0 Å². The zero-order valence-electron chi connectivity index (χ0n) is 11.4. The molecule has 0 saturated carbocycles. The summed E-state index contributed by atoms with van der Waals surface area (Å²) in [4.78, 5) is 10.5. The normalized spacial score (nSPS) is 11.6.